The number of nitrogens with two attached hydrogens (primary N) is 1. The van der Waals surface area contributed by atoms with Crippen LogP contribution in [0.25, 0.3) is 0 Å². The van der Waals surface area contributed by atoms with Gasteiger partial charge in [-0.2, -0.15) is 0 Å². The lowest BCUT2D eigenvalue weighted by Crippen LogP contribution is -2.43. The van der Waals surface area contributed by atoms with Crippen LogP contribution in [0.3, 0.4) is 0 Å². The van der Waals surface area contributed by atoms with Crippen molar-refractivity contribution in [2.45, 2.75) is 52.0 Å². The molecule has 13 heavy (non-hydrogen) atoms. The molecule has 3 N–H and O–H groups in total. The van der Waals surface area contributed by atoms with Gasteiger partial charge in [-0.3, -0.25) is 0 Å². The Kier molecular flexibility index (Phi) is 3.36. The second-order valence-corrected chi connectivity index (χ2v) is 5.48. The molecule has 1 aliphatic carbocycles. The minimum Gasteiger partial charge on any atom is -0.330 e. The molecule has 78 valence electrons. The van der Waals surface area contributed by atoms with Crippen molar-refractivity contribution in [1.82, 2.24) is 5.32 Å². The van der Waals surface area contributed by atoms with Crippen molar-refractivity contribution in [3.63, 3.8) is 0 Å². The Bertz CT molecular complexity index is 148. The first-order valence-corrected chi connectivity index (χ1v) is 5.43. The maximum Gasteiger partial charge on any atom is 0.00965 e. The van der Waals surface area contributed by atoms with Crippen LogP contribution in [0.5, 0.6) is 0 Å². The zero-order valence-electron chi connectivity index (χ0n) is 9.32. The lowest BCUT2D eigenvalue weighted by molar-refractivity contribution is 0.127. The summed E-state index contributed by atoms with van der Waals surface area (Å²) in [6.07, 6.45) is 5.32. The molecule has 0 spiro atoms. The summed E-state index contributed by atoms with van der Waals surface area (Å²) in [5, 5.41) is 3.52. The van der Waals surface area contributed by atoms with E-state index in [4.69, 9.17) is 5.73 Å². The average molecular weight is 184 g/mol. The Morgan fingerprint density at radius 3 is 2.23 bits per heavy atom. The number of hydrogen-bond acceptors (Lipinski definition) is 2. The molecular weight excluding hydrogens is 160 g/mol. The fourth-order valence-electron chi connectivity index (χ4n) is 1.94. The standard InChI is InChI=1S/C11H24N2/c1-10(2,3)13-8-7-11(9-12)5-4-6-11/h13H,4-9,12H2,1-3H3. The summed E-state index contributed by atoms with van der Waals surface area (Å²) < 4.78 is 0. The van der Waals surface area contributed by atoms with Crippen LogP contribution in [0.2, 0.25) is 0 Å². The van der Waals surface area contributed by atoms with Crippen molar-refractivity contribution < 1.29 is 0 Å². The molecule has 0 unspecified atom stereocenters. The third-order valence-electron chi connectivity index (χ3n) is 3.16. The Balaban J connectivity index is 2.18. The highest BCUT2D eigenvalue weighted by atomic mass is 14.9. The topological polar surface area (TPSA) is 38.0 Å². The van der Waals surface area contributed by atoms with Gasteiger partial charge >= 0.3 is 0 Å². The van der Waals surface area contributed by atoms with E-state index in [1.54, 1.807) is 0 Å². The zero-order valence-corrected chi connectivity index (χ0v) is 9.32. The molecule has 1 saturated carbocycles. The van der Waals surface area contributed by atoms with Crippen LogP contribution in [0.1, 0.15) is 46.5 Å². The molecule has 2 heteroatoms. The largest absolute Gasteiger partial charge is 0.330 e. The number of rotatable bonds is 4. The van der Waals surface area contributed by atoms with Crippen LogP contribution in [-0.2, 0) is 0 Å². The predicted molar refractivity (Wildman–Crippen MR) is 57.7 cm³/mol. The molecule has 0 amide bonds. The highest BCUT2D eigenvalue weighted by molar-refractivity contribution is 4.89. The summed E-state index contributed by atoms with van der Waals surface area (Å²) in [6.45, 7) is 8.62. The minimum atomic E-state index is 0.250. The number of hydrogen-bond donors (Lipinski definition) is 2. The van der Waals surface area contributed by atoms with Crippen molar-refractivity contribution in [3.05, 3.63) is 0 Å². The molecule has 0 aromatic heterocycles. The third-order valence-corrected chi connectivity index (χ3v) is 3.16. The summed E-state index contributed by atoms with van der Waals surface area (Å²) in [5.74, 6) is 0. The van der Waals surface area contributed by atoms with E-state index in [2.05, 4.69) is 26.1 Å². The van der Waals surface area contributed by atoms with Gasteiger partial charge in [0.25, 0.3) is 0 Å². The van der Waals surface area contributed by atoms with Gasteiger partial charge in [0.05, 0.1) is 0 Å². The first-order valence-electron chi connectivity index (χ1n) is 5.43. The van der Waals surface area contributed by atoms with Gasteiger partial charge in [-0.05, 0) is 58.5 Å². The van der Waals surface area contributed by atoms with E-state index in [1.807, 2.05) is 0 Å². The highest BCUT2D eigenvalue weighted by Crippen LogP contribution is 2.42. The Morgan fingerprint density at radius 2 is 1.92 bits per heavy atom. The van der Waals surface area contributed by atoms with E-state index in [9.17, 15) is 0 Å². The van der Waals surface area contributed by atoms with E-state index >= 15 is 0 Å². The summed E-state index contributed by atoms with van der Waals surface area (Å²) in [5.41, 5.74) is 6.54. The summed E-state index contributed by atoms with van der Waals surface area (Å²) in [7, 11) is 0. The maximum atomic E-state index is 5.79. The Morgan fingerprint density at radius 1 is 1.31 bits per heavy atom. The zero-order chi connectivity index (χ0) is 9.95. The molecule has 1 fully saturated rings. The fourth-order valence-corrected chi connectivity index (χ4v) is 1.94. The van der Waals surface area contributed by atoms with E-state index in [-0.39, 0.29) is 5.54 Å². The first-order chi connectivity index (χ1) is 5.97. The molecule has 0 aromatic rings. The summed E-state index contributed by atoms with van der Waals surface area (Å²) in [4.78, 5) is 0. The van der Waals surface area contributed by atoms with Gasteiger partial charge < -0.3 is 11.1 Å². The van der Waals surface area contributed by atoms with E-state index in [0.717, 1.165) is 13.1 Å². The van der Waals surface area contributed by atoms with Gasteiger partial charge in [0.2, 0.25) is 0 Å². The van der Waals surface area contributed by atoms with Crippen molar-refractivity contribution in [1.29, 1.82) is 0 Å². The van der Waals surface area contributed by atoms with Crippen molar-refractivity contribution in [3.8, 4) is 0 Å². The van der Waals surface area contributed by atoms with Crippen LogP contribution in [0.15, 0.2) is 0 Å². The number of nitrogens with one attached hydrogen (secondary N) is 1. The predicted octanol–water partition coefficient (Wildman–Crippen LogP) is 1.89. The molecule has 0 heterocycles. The lowest BCUT2D eigenvalue weighted by atomic mass is 9.67. The van der Waals surface area contributed by atoms with Gasteiger partial charge in [-0.1, -0.05) is 6.42 Å². The van der Waals surface area contributed by atoms with Gasteiger partial charge in [-0.15, -0.1) is 0 Å². The van der Waals surface area contributed by atoms with Crippen molar-refractivity contribution in [2.24, 2.45) is 11.1 Å². The summed E-state index contributed by atoms with van der Waals surface area (Å²) in [6, 6.07) is 0. The molecule has 1 aliphatic rings. The van der Waals surface area contributed by atoms with Crippen LogP contribution >= 0.6 is 0 Å². The third kappa shape index (κ3) is 3.28. The van der Waals surface area contributed by atoms with Gasteiger partial charge in [0.15, 0.2) is 0 Å². The van der Waals surface area contributed by atoms with E-state index < -0.39 is 0 Å². The molecule has 0 aliphatic heterocycles. The molecular formula is C11H24N2. The molecule has 0 radical (unpaired) electrons. The van der Waals surface area contributed by atoms with Gasteiger partial charge in [-0.25, -0.2) is 0 Å². The average Bonchev–Trinajstić information content (AvgIpc) is 1.92. The van der Waals surface area contributed by atoms with Crippen LogP contribution in [0.4, 0.5) is 0 Å². The fraction of sp³-hybridized carbons (Fsp3) is 1.00. The molecule has 0 atom stereocenters. The first kappa shape index (κ1) is 11.0. The van der Waals surface area contributed by atoms with Crippen LogP contribution < -0.4 is 11.1 Å². The molecule has 0 saturated heterocycles. The summed E-state index contributed by atoms with van der Waals surface area (Å²) >= 11 is 0. The van der Waals surface area contributed by atoms with Crippen molar-refractivity contribution >= 4 is 0 Å². The molecule has 0 aromatic carbocycles. The molecule has 2 nitrogen and oxygen atoms in total. The van der Waals surface area contributed by atoms with Crippen LogP contribution in [0, 0.1) is 5.41 Å². The maximum absolute atomic E-state index is 5.79. The molecule has 1 rings (SSSR count). The van der Waals surface area contributed by atoms with Crippen LogP contribution in [-0.4, -0.2) is 18.6 Å². The SMILES string of the molecule is CC(C)(C)NCCC1(CN)CCC1. The van der Waals surface area contributed by atoms with E-state index in [0.29, 0.717) is 5.41 Å². The second kappa shape index (κ2) is 3.97. The quantitative estimate of drug-likeness (QED) is 0.700. The van der Waals surface area contributed by atoms with Crippen molar-refractivity contribution in [2.75, 3.05) is 13.1 Å². The Hall–Kier alpha value is -0.0800. The van der Waals surface area contributed by atoms with Gasteiger partial charge in [0.1, 0.15) is 0 Å². The second-order valence-electron chi connectivity index (χ2n) is 5.48. The normalized spacial score (nSPS) is 21.2. The van der Waals surface area contributed by atoms with E-state index in [1.165, 1.54) is 25.7 Å². The lowest BCUT2D eigenvalue weighted by Gasteiger charge is -2.41. The monoisotopic (exact) mass is 184 g/mol. The smallest absolute Gasteiger partial charge is 0.00965 e. The Labute approximate surface area is 82.3 Å². The minimum absolute atomic E-state index is 0.250. The molecule has 0 bridgehead atoms. The van der Waals surface area contributed by atoms with Gasteiger partial charge in [0, 0.05) is 5.54 Å². The highest BCUT2D eigenvalue weighted by Gasteiger charge is 2.34.